The van der Waals surface area contributed by atoms with E-state index in [1.165, 1.54) is 11.0 Å². The quantitative estimate of drug-likeness (QED) is 0.781. The molecule has 1 unspecified atom stereocenters. The van der Waals surface area contributed by atoms with E-state index < -0.39 is 18.1 Å². The standard InChI is InChI=1S/C13H19NO5/c1-2-7-19-13(17)14-9(11-4-3-8-18-11)5-6-10(14)12(15)16/h2,9-11H,1,3-8H2,(H,15,16)/t9-,10+,11?/m1/s1. The lowest BCUT2D eigenvalue weighted by atomic mass is 10.1. The molecule has 2 heterocycles. The van der Waals surface area contributed by atoms with Gasteiger partial charge >= 0.3 is 12.1 Å². The lowest BCUT2D eigenvalue weighted by Crippen LogP contribution is -2.49. The van der Waals surface area contributed by atoms with Gasteiger partial charge in [-0.25, -0.2) is 9.59 Å². The highest BCUT2D eigenvalue weighted by atomic mass is 16.6. The van der Waals surface area contributed by atoms with Gasteiger partial charge in [0.05, 0.1) is 12.1 Å². The summed E-state index contributed by atoms with van der Waals surface area (Å²) < 4.78 is 10.6. The number of likely N-dealkylation sites (tertiary alicyclic amines) is 1. The number of aliphatic carboxylic acids is 1. The number of rotatable bonds is 4. The second-order valence-corrected chi connectivity index (χ2v) is 4.82. The molecule has 0 aromatic rings. The summed E-state index contributed by atoms with van der Waals surface area (Å²) in [7, 11) is 0. The Morgan fingerprint density at radius 3 is 2.79 bits per heavy atom. The van der Waals surface area contributed by atoms with Gasteiger partial charge in [-0.2, -0.15) is 0 Å². The molecular formula is C13H19NO5. The van der Waals surface area contributed by atoms with Gasteiger partial charge in [0.2, 0.25) is 0 Å². The maximum absolute atomic E-state index is 12.0. The Morgan fingerprint density at radius 2 is 2.21 bits per heavy atom. The summed E-state index contributed by atoms with van der Waals surface area (Å²) in [5.41, 5.74) is 0. The zero-order valence-electron chi connectivity index (χ0n) is 10.8. The average Bonchev–Trinajstić information content (AvgIpc) is 3.02. The Hall–Kier alpha value is -1.56. The van der Waals surface area contributed by atoms with E-state index in [1.54, 1.807) is 0 Å². The van der Waals surface area contributed by atoms with Crippen molar-refractivity contribution in [1.82, 2.24) is 4.90 Å². The molecule has 2 rings (SSSR count). The van der Waals surface area contributed by atoms with Gasteiger partial charge in [-0.3, -0.25) is 4.90 Å². The average molecular weight is 269 g/mol. The second kappa shape index (κ2) is 6.06. The minimum Gasteiger partial charge on any atom is -0.480 e. The maximum Gasteiger partial charge on any atom is 0.411 e. The molecule has 3 atom stereocenters. The first-order valence-corrected chi connectivity index (χ1v) is 6.55. The summed E-state index contributed by atoms with van der Waals surface area (Å²) in [6.07, 6.45) is 3.71. The van der Waals surface area contributed by atoms with E-state index in [0.717, 1.165) is 12.8 Å². The van der Waals surface area contributed by atoms with E-state index in [4.69, 9.17) is 9.47 Å². The molecule has 0 bridgehead atoms. The van der Waals surface area contributed by atoms with Crippen LogP contribution in [0.15, 0.2) is 12.7 Å². The Bertz CT molecular complexity index is 364. The summed E-state index contributed by atoms with van der Waals surface area (Å²) >= 11 is 0. The minimum absolute atomic E-state index is 0.0689. The fraction of sp³-hybridized carbons (Fsp3) is 0.692. The van der Waals surface area contributed by atoms with Crippen LogP contribution in [0.5, 0.6) is 0 Å². The van der Waals surface area contributed by atoms with Crippen molar-refractivity contribution in [3.05, 3.63) is 12.7 Å². The summed E-state index contributed by atoms with van der Waals surface area (Å²) in [6.45, 7) is 4.23. The molecular weight excluding hydrogens is 250 g/mol. The molecule has 2 aliphatic heterocycles. The van der Waals surface area contributed by atoms with Crippen molar-refractivity contribution in [2.24, 2.45) is 0 Å². The van der Waals surface area contributed by atoms with Gasteiger partial charge in [0.25, 0.3) is 0 Å². The molecule has 1 amide bonds. The van der Waals surface area contributed by atoms with Gasteiger partial charge in [0, 0.05) is 6.61 Å². The van der Waals surface area contributed by atoms with Gasteiger partial charge < -0.3 is 14.6 Å². The molecule has 0 radical (unpaired) electrons. The van der Waals surface area contributed by atoms with Crippen molar-refractivity contribution in [3.8, 4) is 0 Å². The zero-order valence-corrected chi connectivity index (χ0v) is 10.8. The predicted octanol–water partition coefficient (Wildman–Crippen LogP) is 1.41. The highest BCUT2D eigenvalue weighted by Crippen LogP contribution is 2.32. The SMILES string of the molecule is C=CCOC(=O)N1[C@@H](C2CCCO2)CC[C@H]1C(=O)O. The number of carbonyl (C=O) groups is 2. The highest BCUT2D eigenvalue weighted by molar-refractivity contribution is 5.81. The molecule has 6 nitrogen and oxygen atoms in total. The van der Waals surface area contributed by atoms with Crippen molar-refractivity contribution in [2.45, 2.75) is 43.9 Å². The maximum atomic E-state index is 12.0. The molecule has 0 saturated carbocycles. The van der Waals surface area contributed by atoms with Crippen LogP contribution >= 0.6 is 0 Å². The van der Waals surface area contributed by atoms with Crippen LogP contribution in [0.4, 0.5) is 4.79 Å². The van der Waals surface area contributed by atoms with E-state index in [1.807, 2.05) is 0 Å². The fourth-order valence-electron chi connectivity index (χ4n) is 2.82. The Labute approximate surface area is 112 Å². The monoisotopic (exact) mass is 269 g/mol. The Kier molecular flexibility index (Phi) is 4.42. The molecule has 19 heavy (non-hydrogen) atoms. The van der Waals surface area contributed by atoms with Crippen molar-refractivity contribution >= 4 is 12.1 Å². The number of nitrogens with zero attached hydrogens (tertiary/aromatic N) is 1. The lowest BCUT2D eigenvalue weighted by molar-refractivity contribution is -0.142. The molecule has 2 aliphatic rings. The fourth-order valence-corrected chi connectivity index (χ4v) is 2.82. The predicted molar refractivity (Wildman–Crippen MR) is 66.8 cm³/mol. The van der Waals surface area contributed by atoms with Crippen LogP contribution in [0, 0.1) is 0 Å². The van der Waals surface area contributed by atoms with Gasteiger partial charge in [-0.1, -0.05) is 12.7 Å². The highest BCUT2D eigenvalue weighted by Gasteiger charge is 2.46. The first-order chi connectivity index (χ1) is 9.15. The lowest BCUT2D eigenvalue weighted by Gasteiger charge is -2.30. The topological polar surface area (TPSA) is 76.1 Å². The molecule has 0 aromatic carbocycles. The Morgan fingerprint density at radius 1 is 1.42 bits per heavy atom. The zero-order chi connectivity index (χ0) is 13.8. The normalized spacial score (nSPS) is 30.3. The number of hydrogen-bond donors (Lipinski definition) is 1. The molecule has 106 valence electrons. The molecule has 2 saturated heterocycles. The van der Waals surface area contributed by atoms with Crippen molar-refractivity contribution < 1.29 is 24.2 Å². The molecule has 2 fully saturated rings. The van der Waals surface area contributed by atoms with Crippen LogP contribution < -0.4 is 0 Å². The van der Waals surface area contributed by atoms with Crippen molar-refractivity contribution in [1.29, 1.82) is 0 Å². The minimum atomic E-state index is -0.990. The molecule has 6 heteroatoms. The number of ether oxygens (including phenoxy) is 2. The summed E-state index contributed by atoms with van der Waals surface area (Å²) in [5.74, 6) is -0.990. The van der Waals surface area contributed by atoms with Gasteiger partial charge in [-0.15, -0.1) is 0 Å². The number of carboxylic acid groups (broad SMARTS) is 1. The van der Waals surface area contributed by atoms with Gasteiger partial charge in [0.15, 0.2) is 0 Å². The molecule has 1 N–H and O–H groups in total. The van der Waals surface area contributed by atoms with E-state index in [0.29, 0.717) is 19.4 Å². The first kappa shape index (κ1) is 13.9. The first-order valence-electron chi connectivity index (χ1n) is 6.55. The van der Waals surface area contributed by atoms with E-state index in [2.05, 4.69) is 6.58 Å². The van der Waals surface area contributed by atoms with Crippen LogP contribution in [0.25, 0.3) is 0 Å². The van der Waals surface area contributed by atoms with Crippen LogP contribution in [0.3, 0.4) is 0 Å². The summed E-state index contributed by atoms with van der Waals surface area (Å²) in [6, 6.07) is -1.01. The summed E-state index contributed by atoms with van der Waals surface area (Å²) in [5, 5.41) is 9.21. The largest absolute Gasteiger partial charge is 0.480 e. The second-order valence-electron chi connectivity index (χ2n) is 4.82. The molecule has 0 aliphatic carbocycles. The van der Waals surface area contributed by atoms with E-state index >= 15 is 0 Å². The van der Waals surface area contributed by atoms with Crippen molar-refractivity contribution in [3.63, 3.8) is 0 Å². The van der Waals surface area contributed by atoms with Gasteiger partial charge in [0.1, 0.15) is 12.6 Å². The number of amides is 1. The third kappa shape index (κ3) is 2.89. The number of hydrogen-bond acceptors (Lipinski definition) is 4. The van der Waals surface area contributed by atoms with Crippen LogP contribution in [0.1, 0.15) is 25.7 Å². The van der Waals surface area contributed by atoms with E-state index in [-0.39, 0.29) is 18.8 Å². The van der Waals surface area contributed by atoms with Crippen LogP contribution in [0.2, 0.25) is 0 Å². The number of carboxylic acids is 1. The number of carbonyl (C=O) groups excluding carboxylic acids is 1. The van der Waals surface area contributed by atoms with Crippen LogP contribution in [-0.2, 0) is 14.3 Å². The molecule has 0 spiro atoms. The van der Waals surface area contributed by atoms with Gasteiger partial charge in [-0.05, 0) is 25.7 Å². The Balaban J connectivity index is 2.11. The smallest absolute Gasteiger partial charge is 0.411 e. The summed E-state index contributed by atoms with van der Waals surface area (Å²) in [4.78, 5) is 24.6. The van der Waals surface area contributed by atoms with E-state index in [9.17, 15) is 14.7 Å². The van der Waals surface area contributed by atoms with Crippen molar-refractivity contribution in [2.75, 3.05) is 13.2 Å². The third-order valence-corrected chi connectivity index (χ3v) is 3.64. The third-order valence-electron chi connectivity index (χ3n) is 3.64. The molecule has 0 aromatic heterocycles. The van der Waals surface area contributed by atoms with Crippen LogP contribution in [-0.4, -0.2) is 53.5 Å².